The molecule has 2 aromatic rings. The van der Waals surface area contributed by atoms with Crippen molar-refractivity contribution < 1.29 is 13.9 Å². The molecule has 2 aromatic carbocycles. The number of anilines is 2. The second kappa shape index (κ2) is 5.44. The van der Waals surface area contributed by atoms with Crippen LogP contribution in [0.1, 0.15) is 18.5 Å². The van der Waals surface area contributed by atoms with E-state index in [0.717, 1.165) is 5.56 Å². The number of ether oxygens (including phenoxy) is 1. The molecule has 1 heterocycles. The Morgan fingerprint density at radius 1 is 1.29 bits per heavy atom. The van der Waals surface area contributed by atoms with E-state index in [2.05, 4.69) is 10.6 Å². The van der Waals surface area contributed by atoms with Crippen molar-refractivity contribution in [1.82, 2.24) is 0 Å². The monoisotopic (exact) mass is 286 g/mol. The smallest absolute Gasteiger partial charge is 0.262 e. The van der Waals surface area contributed by atoms with Gasteiger partial charge in [0.2, 0.25) is 0 Å². The summed E-state index contributed by atoms with van der Waals surface area (Å²) in [6.07, 6.45) is 0. The normalized spacial score (nSPS) is 14.7. The Kier molecular flexibility index (Phi) is 3.48. The molecule has 4 nitrogen and oxygen atoms in total. The molecule has 5 heteroatoms. The van der Waals surface area contributed by atoms with Crippen LogP contribution in [0.5, 0.6) is 5.75 Å². The van der Waals surface area contributed by atoms with Gasteiger partial charge in [-0.05, 0) is 42.8 Å². The van der Waals surface area contributed by atoms with Crippen LogP contribution in [0.15, 0.2) is 42.5 Å². The minimum atomic E-state index is -0.279. The van der Waals surface area contributed by atoms with Gasteiger partial charge in [0.05, 0.1) is 5.69 Å². The second-order valence-electron chi connectivity index (χ2n) is 4.97. The van der Waals surface area contributed by atoms with Crippen molar-refractivity contribution in [2.24, 2.45) is 0 Å². The van der Waals surface area contributed by atoms with Gasteiger partial charge in [0.1, 0.15) is 11.6 Å². The third-order valence-electron chi connectivity index (χ3n) is 3.34. The highest BCUT2D eigenvalue weighted by molar-refractivity contribution is 5.95. The molecule has 0 saturated heterocycles. The van der Waals surface area contributed by atoms with E-state index in [1.165, 1.54) is 12.1 Å². The van der Waals surface area contributed by atoms with Crippen LogP contribution in [-0.4, -0.2) is 12.5 Å². The Labute approximate surface area is 121 Å². The van der Waals surface area contributed by atoms with E-state index in [4.69, 9.17) is 4.74 Å². The van der Waals surface area contributed by atoms with Gasteiger partial charge in [-0.25, -0.2) is 4.39 Å². The number of nitrogens with one attached hydrogen (secondary N) is 2. The summed E-state index contributed by atoms with van der Waals surface area (Å²) in [6.45, 7) is 2.02. The number of amides is 1. The molecule has 0 saturated carbocycles. The van der Waals surface area contributed by atoms with E-state index in [-0.39, 0.29) is 24.4 Å². The van der Waals surface area contributed by atoms with Crippen LogP contribution in [0.25, 0.3) is 0 Å². The average Bonchev–Trinajstić information content (AvgIpc) is 2.46. The fourth-order valence-electron chi connectivity index (χ4n) is 2.28. The third kappa shape index (κ3) is 2.97. The Morgan fingerprint density at radius 2 is 2.14 bits per heavy atom. The van der Waals surface area contributed by atoms with Gasteiger partial charge in [-0.1, -0.05) is 12.1 Å². The molecule has 1 atom stereocenters. The van der Waals surface area contributed by atoms with Gasteiger partial charge >= 0.3 is 0 Å². The summed E-state index contributed by atoms with van der Waals surface area (Å²) in [5, 5.41) is 6.00. The number of fused-ring (bicyclic) bond motifs is 1. The molecule has 0 fully saturated rings. The Hall–Kier alpha value is -2.56. The largest absolute Gasteiger partial charge is 0.482 e. The van der Waals surface area contributed by atoms with Crippen LogP contribution in [0, 0.1) is 5.82 Å². The number of rotatable bonds is 3. The number of carbonyl (C=O) groups excluding carboxylic acids is 1. The lowest BCUT2D eigenvalue weighted by Crippen LogP contribution is -2.25. The van der Waals surface area contributed by atoms with E-state index >= 15 is 0 Å². The van der Waals surface area contributed by atoms with Crippen LogP contribution in [0.2, 0.25) is 0 Å². The molecule has 0 aliphatic carbocycles. The van der Waals surface area contributed by atoms with Gasteiger partial charge < -0.3 is 15.4 Å². The fraction of sp³-hybridized carbons (Fsp3) is 0.188. The summed E-state index contributed by atoms with van der Waals surface area (Å²) >= 11 is 0. The summed E-state index contributed by atoms with van der Waals surface area (Å²) in [7, 11) is 0. The molecule has 3 rings (SSSR count). The molecule has 1 aliphatic heterocycles. The lowest BCUT2D eigenvalue weighted by molar-refractivity contribution is -0.118. The van der Waals surface area contributed by atoms with Gasteiger partial charge in [0.25, 0.3) is 5.91 Å². The standard InChI is InChI=1S/C16H15FN2O2/c1-10(18-13-4-2-3-12(17)8-13)11-5-6-15-14(7-11)19-16(20)9-21-15/h2-8,10,18H,9H2,1H3,(H,19,20). The first kappa shape index (κ1) is 13.4. The van der Waals surface area contributed by atoms with Crippen LogP contribution < -0.4 is 15.4 Å². The van der Waals surface area contributed by atoms with Crippen molar-refractivity contribution in [3.8, 4) is 5.75 Å². The highest BCUT2D eigenvalue weighted by Gasteiger charge is 2.17. The van der Waals surface area contributed by atoms with E-state index < -0.39 is 0 Å². The molecule has 0 aromatic heterocycles. The lowest BCUT2D eigenvalue weighted by Gasteiger charge is -2.21. The minimum Gasteiger partial charge on any atom is -0.482 e. The predicted molar refractivity (Wildman–Crippen MR) is 79.0 cm³/mol. The summed E-state index contributed by atoms with van der Waals surface area (Å²) in [5.74, 6) is 0.222. The Bertz CT molecular complexity index is 688. The highest BCUT2D eigenvalue weighted by Crippen LogP contribution is 2.31. The highest BCUT2D eigenvalue weighted by atomic mass is 19.1. The second-order valence-corrected chi connectivity index (χ2v) is 4.97. The first-order valence-corrected chi connectivity index (χ1v) is 6.70. The number of hydrogen-bond donors (Lipinski definition) is 2. The summed E-state index contributed by atoms with van der Waals surface area (Å²) < 4.78 is 18.5. The predicted octanol–water partition coefficient (Wildman–Crippen LogP) is 3.33. The van der Waals surface area contributed by atoms with Crippen molar-refractivity contribution in [2.75, 3.05) is 17.2 Å². The maximum Gasteiger partial charge on any atom is 0.262 e. The third-order valence-corrected chi connectivity index (χ3v) is 3.34. The number of benzene rings is 2. The van der Waals surface area contributed by atoms with Gasteiger partial charge in [-0.2, -0.15) is 0 Å². The van der Waals surface area contributed by atoms with Crippen molar-refractivity contribution in [3.05, 3.63) is 53.8 Å². The van der Waals surface area contributed by atoms with E-state index in [9.17, 15) is 9.18 Å². The van der Waals surface area contributed by atoms with Crippen molar-refractivity contribution in [1.29, 1.82) is 0 Å². The Morgan fingerprint density at radius 3 is 2.95 bits per heavy atom. The summed E-state index contributed by atoms with van der Waals surface area (Å²) in [5.41, 5.74) is 2.35. The molecule has 1 aliphatic rings. The minimum absolute atomic E-state index is 0.0315. The number of carbonyl (C=O) groups is 1. The molecule has 108 valence electrons. The van der Waals surface area contributed by atoms with Gasteiger partial charge in [0, 0.05) is 11.7 Å². The number of hydrogen-bond acceptors (Lipinski definition) is 3. The molecular weight excluding hydrogens is 271 g/mol. The lowest BCUT2D eigenvalue weighted by atomic mass is 10.1. The molecule has 21 heavy (non-hydrogen) atoms. The Balaban J connectivity index is 1.80. The number of halogens is 1. The quantitative estimate of drug-likeness (QED) is 0.910. The van der Waals surface area contributed by atoms with Gasteiger partial charge in [-0.3, -0.25) is 4.79 Å². The van der Waals surface area contributed by atoms with Crippen LogP contribution in [-0.2, 0) is 4.79 Å². The average molecular weight is 286 g/mol. The van der Waals surface area contributed by atoms with Gasteiger partial charge in [0.15, 0.2) is 6.61 Å². The summed E-state index contributed by atoms with van der Waals surface area (Å²) in [4.78, 5) is 11.3. The van der Waals surface area contributed by atoms with E-state index in [0.29, 0.717) is 17.1 Å². The summed E-state index contributed by atoms with van der Waals surface area (Å²) in [6, 6.07) is 11.9. The van der Waals surface area contributed by atoms with Crippen LogP contribution in [0.3, 0.4) is 0 Å². The zero-order chi connectivity index (χ0) is 14.8. The fourth-order valence-corrected chi connectivity index (χ4v) is 2.28. The van der Waals surface area contributed by atoms with Crippen LogP contribution >= 0.6 is 0 Å². The van der Waals surface area contributed by atoms with Crippen LogP contribution in [0.4, 0.5) is 15.8 Å². The molecule has 1 amide bonds. The topological polar surface area (TPSA) is 50.4 Å². The van der Waals surface area contributed by atoms with E-state index in [1.54, 1.807) is 6.07 Å². The maximum absolute atomic E-state index is 13.2. The molecule has 0 spiro atoms. The van der Waals surface area contributed by atoms with Crippen molar-refractivity contribution in [3.63, 3.8) is 0 Å². The van der Waals surface area contributed by atoms with Crippen molar-refractivity contribution >= 4 is 17.3 Å². The molecule has 0 radical (unpaired) electrons. The molecule has 2 N–H and O–H groups in total. The SMILES string of the molecule is CC(Nc1cccc(F)c1)c1ccc2c(c1)NC(=O)CO2. The molecular formula is C16H15FN2O2. The van der Waals surface area contributed by atoms with Gasteiger partial charge in [-0.15, -0.1) is 0 Å². The zero-order valence-electron chi connectivity index (χ0n) is 11.5. The molecule has 1 unspecified atom stereocenters. The first-order chi connectivity index (χ1) is 10.1. The van der Waals surface area contributed by atoms with Crippen molar-refractivity contribution in [2.45, 2.75) is 13.0 Å². The molecule has 0 bridgehead atoms. The van der Waals surface area contributed by atoms with E-state index in [1.807, 2.05) is 31.2 Å². The zero-order valence-corrected chi connectivity index (χ0v) is 11.5. The maximum atomic E-state index is 13.2. The first-order valence-electron chi connectivity index (χ1n) is 6.70.